The van der Waals surface area contributed by atoms with Crippen molar-refractivity contribution in [1.29, 1.82) is 0 Å². The highest BCUT2D eigenvalue weighted by Gasteiger charge is 1.96. The lowest BCUT2D eigenvalue weighted by molar-refractivity contribution is -0.137. The van der Waals surface area contributed by atoms with Gasteiger partial charge in [0.25, 0.3) is 0 Å². The molecule has 15 heavy (non-hydrogen) atoms. The fraction of sp³-hybridized carbons (Fsp3) is 0.182. The molecular formula is C11H14N2O2. The van der Waals surface area contributed by atoms with Crippen LogP contribution >= 0.6 is 0 Å². The lowest BCUT2D eigenvalue weighted by Crippen LogP contribution is -1.99. The summed E-state index contributed by atoms with van der Waals surface area (Å²) in [5.74, 6) is -0.368. The molecule has 4 nitrogen and oxygen atoms in total. The minimum Gasteiger partial charge on any atom is -0.463 e. The number of carbonyl (C=O) groups is 1. The molecule has 0 saturated heterocycles. The predicted molar refractivity (Wildman–Crippen MR) is 60.9 cm³/mol. The number of anilines is 2. The maximum absolute atomic E-state index is 11.0. The fourth-order valence-corrected chi connectivity index (χ4v) is 1.05. The SMILES string of the molecule is CCOC(=O)/C=C/c1ccc(N)c(N)c1. The van der Waals surface area contributed by atoms with Crippen molar-refractivity contribution in [3.05, 3.63) is 29.8 Å². The van der Waals surface area contributed by atoms with Crippen LogP contribution in [0.1, 0.15) is 12.5 Å². The molecule has 4 N–H and O–H groups in total. The summed E-state index contributed by atoms with van der Waals surface area (Å²) in [7, 11) is 0. The summed E-state index contributed by atoms with van der Waals surface area (Å²) in [6.45, 7) is 2.12. The first-order valence-corrected chi connectivity index (χ1v) is 4.63. The molecule has 0 amide bonds. The highest BCUT2D eigenvalue weighted by atomic mass is 16.5. The Labute approximate surface area is 88.5 Å². The molecule has 80 valence electrons. The molecule has 0 aliphatic rings. The van der Waals surface area contributed by atoms with Crippen molar-refractivity contribution >= 4 is 23.4 Å². The summed E-state index contributed by atoms with van der Waals surface area (Å²) >= 11 is 0. The maximum atomic E-state index is 11.0. The van der Waals surface area contributed by atoms with Crippen LogP contribution in [0, 0.1) is 0 Å². The molecule has 1 aromatic carbocycles. The minimum atomic E-state index is -0.368. The van der Waals surface area contributed by atoms with Gasteiger partial charge in [0.15, 0.2) is 0 Å². The second-order valence-electron chi connectivity index (χ2n) is 2.97. The summed E-state index contributed by atoms with van der Waals surface area (Å²) < 4.78 is 4.74. The number of benzene rings is 1. The molecule has 1 rings (SSSR count). The van der Waals surface area contributed by atoms with Crippen LogP contribution in [0.3, 0.4) is 0 Å². The van der Waals surface area contributed by atoms with E-state index in [-0.39, 0.29) is 5.97 Å². The van der Waals surface area contributed by atoms with Crippen LogP contribution in [0.25, 0.3) is 6.08 Å². The molecule has 0 atom stereocenters. The molecule has 1 aromatic rings. The zero-order valence-corrected chi connectivity index (χ0v) is 8.57. The Morgan fingerprint density at radius 2 is 2.13 bits per heavy atom. The van der Waals surface area contributed by atoms with Crippen LogP contribution in [0.4, 0.5) is 11.4 Å². The highest BCUT2D eigenvalue weighted by molar-refractivity contribution is 5.87. The molecule has 0 aliphatic heterocycles. The topological polar surface area (TPSA) is 78.3 Å². The maximum Gasteiger partial charge on any atom is 0.330 e. The van der Waals surface area contributed by atoms with Crippen molar-refractivity contribution in [3.63, 3.8) is 0 Å². The van der Waals surface area contributed by atoms with Crippen LogP contribution < -0.4 is 11.5 Å². The Morgan fingerprint density at radius 3 is 2.73 bits per heavy atom. The molecule has 0 aliphatic carbocycles. The third kappa shape index (κ3) is 3.34. The first kappa shape index (κ1) is 11.1. The Balaban J connectivity index is 2.72. The number of carbonyl (C=O) groups excluding carboxylic acids is 1. The number of nitrogens with two attached hydrogens (primary N) is 2. The molecule has 0 unspecified atom stereocenters. The second-order valence-corrected chi connectivity index (χ2v) is 2.97. The van der Waals surface area contributed by atoms with Gasteiger partial charge in [-0.1, -0.05) is 6.07 Å². The van der Waals surface area contributed by atoms with Gasteiger partial charge in [-0.15, -0.1) is 0 Å². The highest BCUT2D eigenvalue weighted by Crippen LogP contribution is 2.16. The number of nitrogen functional groups attached to an aromatic ring is 2. The summed E-state index contributed by atoms with van der Waals surface area (Å²) in [5, 5.41) is 0. The van der Waals surface area contributed by atoms with Crippen molar-refractivity contribution < 1.29 is 9.53 Å². The second kappa shape index (κ2) is 5.05. The summed E-state index contributed by atoms with van der Waals surface area (Å²) in [5.41, 5.74) is 13.0. The Bertz CT molecular complexity index is 386. The quantitative estimate of drug-likeness (QED) is 0.445. The average molecular weight is 206 g/mol. The Morgan fingerprint density at radius 1 is 1.40 bits per heavy atom. The van der Waals surface area contributed by atoms with Crippen molar-refractivity contribution in [1.82, 2.24) is 0 Å². The van der Waals surface area contributed by atoms with Crippen LogP contribution in [0.15, 0.2) is 24.3 Å². The molecule has 4 heteroatoms. The van der Waals surface area contributed by atoms with E-state index in [4.69, 9.17) is 16.2 Å². The fourth-order valence-electron chi connectivity index (χ4n) is 1.05. The molecule has 0 spiro atoms. The van der Waals surface area contributed by atoms with E-state index in [9.17, 15) is 4.79 Å². The Hall–Kier alpha value is -1.97. The monoisotopic (exact) mass is 206 g/mol. The molecule has 0 radical (unpaired) electrons. The van der Waals surface area contributed by atoms with Gasteiger partial charge in [0.2, 0.25) is 0 Å². The smallest absolute Gasteiger partial charge is 0.330 e. The van der Waals surface area contributed by atoms with E-state index < -0.39 is 0 Å². The van der Waals surface area contributed by atoms with Crippen LogP contribution in [-0.2, 0) is 9.53 Å². The zero-order valence-electron chi connectivity index (χ0n) is 8.57. The number of hydrogen-bond donors (Lipinski definition) is 2. The van der Waals surface area contributed by atoms with Gasteiger partial charge in [-0.25, -0.2) is 4.79 Å². The third-order valence-corrected chi connectivity index (χ3v) is 1.81. The molecule has 0 aromatic heterocycles. The first-order valence-electron chi connectivity index (χ1n) is 4.63. The van der Waals surface area contributed by atoms with Gasteiger partial charge in [0, 0.05) is 6.08 Å². The molecule has 0 heterocycles. The van der Waals surface area contributed by atoms with Gasteiger partial charge in [-0.05, 0) is 30.7 Å². The lowest BCUT2D eigenvalue weighted by Gasteiger charge is -2.00. The van der Waals surface area contributed by atoms with Gasteiger partial charge in [0.1, 0.15) is 0 Å². The van der Waals surface area contributed by atoms with E-state index in [0.717, 1.165) is 5.56 Å². The number of rotatable bonds is 3. The van der Waals surface area contributed by atoms with Crippen molar-refractivity contribution in [3.8, 4) is 0 Å². The van der Waals surface area contributed by atoms with E-state index in [1.165, 1.54) is 6.08 Å². The van der Waals surface area contributed by atoms with Crippen LogP contribution in [0.2, 0.25) is 0 Å². The van der Waals surface area contributed by atoms with E-state index in [1.807, 2.05) is 0 Å². The Kier molecular flexibility index (Phi) is 3.74. The van der Waals surface area contributed by atoms with Crippen molar-refractivity contribution in [2.45, 2.75) is 6.92 Å². The molecule has 0 bridgehead atoms. The van der Waals surface area contributed by atoms with E-state index in [2.05, 4.69) is 0 Å². The number of ether oxygens (including phenoxy) is 1. The zero-order chi connectivity index (χ0) is 11.3. The van der Waals surface area contributed by atoms with Crippen molar-refractivity contribution in [2.24, 2.45) is 0 Å². The number of hydrogen-bond acceptors (Lipinski definition) is 4. The van der Waals surface area contributed by atoms with E-state index in [0.29, 0.717) is 18.0 Å². The standard InChI is InChI=1S/C11H14N2O2/c1-2-15-11(14)6-4-8-3-5-9(12)10(13)7-8/h3-7H,2,12-13H2,1H3/b6-4+. The summed E-state index contributed by atoms with van der Waals surface area (Å²) in [6.07, 6.45) is 2.99. The summed E-state index contributed by atoms with van der Waals surface area (Å²) in [6, 6.07) is 5.17. The molecule has 0 fully saturated rings. The average Bonchev–Trinajstić information content (AvgIpc) is 2.20. The predicted octanol–water partition coefficient (Wildman–Crippen LogP) is 1.43. The van der Waals surface area contributed by atoms with Gasteiger partial charge in [0.05, 0.1) is 18.0 Å². The largest absolute Gasteiger partial charge is 0.463 e. The van der Waals surface area contributed by atoms with Gasteiger partial charge < -0.3 is 16.2 Å². The summed E-state index contributed by atoms with van der Waals surface area (Å²) in [4.78, 5) is 11.0. The van der Waals surface area contributed by atoms with Gasteiger partial charge >= 0.3 is 5.97 Å². The lowest BCUT2D eigenvalue weighted by atomic mass is 10.1. The van der Waals surface area contributed by atoms with Crippen LogP contribution in [0.5, 0.6) is 0 Å². The third-order valence-electron chi connectivity index (χ3n) is 1.81. The van der Waals surface area contributed by atoms with E-state index >= 15 is 0 Å². The normalized spacial score (nSPS) is 10.5. The first-order chi connectivity index (χ1) is 7.13. The molecule has 0 saturated carbocycles. The van der Waals surface area contributed by atoms with E-state index in [1.54, 1.807) is 31.2 Å². The van der Waals surface area contributed by atoms with Crippen molar-refractivity contribution in [2.75, 3.05) is 18.1 Å². The van der Waals surface area contributed by atoms with Crippen LogP contribution in [-0.4, -0.2) is 12.6 Å². The number of esters is 1. The van der Waals surface area contributed by atoms with Gasteiger partial charge in [-0.3, -0.25) is 0 Å². The van der Waals surface area contributed by atoms with Gasteiger partial charge in [-0.2, -0.15) is 0 Å². The minimum absolute atomic E-state index is 0.368. The molecular weight excluding hydrogens is 192 g/mol.